The number of carbonyl (C=O) groups excluding carboxylic acids is 2. The SMILES string of the molecule is CCOc1cc(C2C(C(=O)c3cccs3)=C(O)C(=O)N2CCCN2CCOCC2)ccc1OCc1ccccc1. The number of nitrogens with zero attached hydrogens (tertiary/aromatic N) is 2. The highest BCUT2D eigenvalue weighted by atomic mass is 32.1. The quantitative estimate of drug-likeness (QED) is 0.310. The van der Waals surface area contributed by atoms with Gasteiger partial charge in [0.25, 0.3) is 5.91 Å². The third kappa shape index (κ3) is 6.22. The monoisotopic (exact) mass is 562 g/mol. The number of Topliss-reactive ketones (excluding diaryl/α,β-unsaturated/α-hetero) is 1. The number of hydrogen-bond acceptors (Lipinski definition) is 8. The second-order valence-electron chi connectivity index (χ2n) is 9.69. The Hall–Kier alpha value is -3.66. The predicted molar refractivity (Wildman–Crippen MR) is 153 cm³/mol. The normalized spacial score (nSPS) is 17.9. The van der Waals surface area contributed by atoms with Crippen LogP contribution < -0.4 is 9.47 Å². The summed E-state index contributed by atoms with van der Waals surface area (Å²) in [6.45, 7) is 6.97. The topological polar surface area (TPSA) is 88.5 Å². The first-order chi connectivity index (χ1) is 19.6. The van der Waals surface area contributed by atoms with Gasteiger partial charge in [-0.05, 0) is 48.1 Å². The van der Waals surface area contributed by atoms with Gasteiger partial charge in [-0.3, -0.25) is 14.5 Å². The number of aliphatic hydroxyl groups excluding tert-OH is 1. The summed E-state index contributed by atoms with van der Waals surface area (Å²) < 4.78 is 17.5. The van der Waals surface area contributed by atoms with Gasteiger partial charge in [0.05, 0.1) is 36.3 Å². The highest BCUT2D eigenvalue weighted by Gasteiger charge is 2.44. The summed E-state index contributed by atoms with van der Waals surface area (Å²) in [4.78, 5) is 31.3. The molecule has 1 saturated heterocycles. The van der Waals surface area contributed by atoms with Crippen molar-refractivity contribution in [2.75, 3.05) is 46.0 Å². The van der Waals surface area contributed by atoms with Gasteiger partial charge in [-0.1, -0.05) is 42.5 Å². The van der Waals surface area contributed by atoms with Crippen LogP contribution in [-0.2, 0) is 16.1 Å². The standard InChI is InChI=1S/C31H34N2O6S/c1-2-38-25-20-23(11-12-24(25)39-21-22-8-4-3-5-9-22)28-27(29(34)26-10-6-19-40-26)30(35)31(36)33(28)14-7-13-32-15-17-37-18-16-32/h3-6,8-12,19-20,28,35H,2,7,13-18,21H2,1H3. The molecule has 0 bridgehead atoms. The fourth-order valence-electron chi connectivity index (χ4n) is 5.11. The maximum absolute atomic E-state index is 13.6. The minimum atomic E-state index is -0.742. The molecule has 1 amide bonds. The van der Waals surface area contributed by atoms with E-state index in [0.29, 0.717) is 61.3 Å². The summed E-state index contributed by atoms with van der Waals surface area (Å²) in [6.07, 6.45) is 0.701. The molecule has 2 aliphatic heterocycles. The zero-order valence-electron chi connectivity index (χ0n) is 22.6. The molecule has 1 unspecified atom stereocenters. The molecule has 8 nitrogen and oxygen atoms in total. The summed E-state index contributed by atoms with van der Waals surface area (Å²) in [6, 6.07) is 18.1. The number of aliphatic hydroxyl groups is 1. The molecule has 210 valence electrons. The van der Waals surface area contributed by atoms with Gasteiger partial charge < -0.3 is 24.2 Å². The molecule has 0 saturated carbocycles. The van der Waals surface area contributed by atoms with Gasteiger partial charge in [-0.15, -0.1) is 11.3 Å². The van der Waals surface area contributed by atoms with Crippen LogP contribution in [0.2, 0.25) is 0 Å². The predicted octanol–water partition coefficient (Wildman–Crippen LogP) is 5.03. The van der Waals surface area contributed by atoms with E-state index in [2.05, 4.69) is 4.90 Å². The van der Waals surface area contributed by atoms with E-state index in [1.54, 1.807) is 17.0 Å². The first-order valence-corrected chi connectivity index (χ1v) is 14.5. The Morgan fingerprint density at radius 3 is 2.55 bits per heavy atom. The number of morpholine rings is 1. The number of carbonyl (C=O) groups is 2. The molecule has 9 heteroatoms. The Morgan fingerprint density at radius 2 is 1.82 bits per heavy atom. The number of ketones is 1. The van der Waals surface area contributed by atoms with Crippen molar-refractivity contribution in [1.82, 2.24) is 9.80 Å². The van der Waals surface area contributed by atoms with Gasteiger partial charge in [0, 0.05) is 26.2 Å². The van der Waals surface area contributed by atoms with Gasteiger partial charge in [0.2, 0.25) is 5.78 Å². The highest BCUT2D eigenvalue weighted by molar-refractivity contribution is 7.12. The van der Waals surface area contributed by atoms with E-state index < -0.39 is 17.7 Å². The van der Waals surface area contributed by atoms with Crippen molar-refractivity contribution >= 4 is 23.0 Å². The van der Waals surface area contributed by atoms with E-state index in [9.17, 15) is 14.7 Å². The molecule has 3 aromatic rings. The summed E-state index contributed by atoms with van der Waals surface area (Å²) >= 11 is 1.29. The summed E-state index contributed by atoms with van der Waals surface area (Å²) in [5, 5.41) is 12.8. The van der Waals surface area contributed by atoms with Crippen LogP contribution in [0.25, 0.3) is 0 Å². The lowest BCUT2D eigenvalue weighted by Gasteiger charge is -2.30. The second kappa shape index (κ2) is 13.1. The molecule has 2 aromatic carbocycles. The minimum absolute atomic E-state index is 0.0965. The van der Waals surface area contributed by atoms with Gasteiger partial charge in [-0.2, -0.15) is 0 Å². The minimum Gasteiger partial charge on any atom is -0.503 e. The van der Waals surface area contributed by atoms with Crippen molar-refractivity contribution in [3.05, 3.63) is 93.4 Å². The number of thiophene rings is 1. The lowest BCUT2D eigenvalue weighted by molar-refractivity contribution is -0.129. The molecule has 0 aliphatic carbocycles. The average molecular weight is 563 g/mol. The lowest BCUT2D eigenvalue weighted by atomic mass is 9.95. The molecule has 1 N–H and O–H groups in total. The van der Waals surface area contributed by atoms with E-state index in [1.807, 2.05) is 60.8 Å². The molecule has 2 aliphatic rings. The van der Waals surface area contributed by atoms with Crippen molar-refractivity contribution in [2.45, 2.75) is 26.0 Å². The number of ether oxygens (including phenoxy) is 3. The van der Waals surface area contributed by atoms with Crippen molar-refractivity contribution in [3.63, 3.8) is 0 Å². The Bertz CT molecular complexity index is 1340. The van der Waals surface area contributed by atoms with Crippen molar-refractivity contribution in [2.24, 2.45) is 0 Å². The van der Waals surface area contributed by atoms with Gasteiger partial charge in [0.1, 0.15) is 6.61 Å². The molecule has 40 heavy (non-hydrogen) atoms. The van der Waals surface area contributed by atoms with Crippen LogP contribution in [0.3, 0.4) is 0 Å². The number of benzene rings is 2. The zero-order valence-corrected chi connectivity index (χ0v) is 23.4. The molecule has 5 rings (SSSR count). The second-order valence-corrected chi connectivity index (χ2v) is 10.6. The summed E-state index contributed by atoms with van der Waals surface area (Å²) in [5.41, 5.74) is 1.80. The third-order valence-electron chi connectivity index (χ3n) is 7.09. The van der Waals surface area contributed by atoms with E-state index in [4.69, 9.17) is 14.2 Å². The van der Waals surface area contributed by atoms with Crippen molar-refractivity contribution in [1.29, 1.82) is 0 Å². The zero-order chi connectivity index (χ0) is 27.9. The van der Waals surface area contributed by atoms with E-state index in [0.717, 1.165) is 25.2 Å². The Kier molecular flexibility index (Phi) is 9.15. The van der Waals surface area contributed by atoms with Crippen molar-refractivity contribution in [3.8, 4) is 11.5 Å². The Balaban J connectivity index is 1.43. The van der Waals surface area contributed by atoms with E-state index >= 15 is 0 Å². The Labute approximate surface area is 238 Å². The highest BCUT2D eigenvalue weighted by Crippen LogP contribution is 2.42. The Morgan fingerprint density at radius 1 is 1.02 bits per heavy atom. The lowest BCUT2D eigenvalue weighted by Crippen LogP contribution is -2.39. The van der Waals surface area contributed by atoms with Crippen LogP contribution >= 0.6 is 11.3 Å². The molecule has 0 spiro atoms. The smallest absolute Gasteiger partial charge is 0.290 e. The third-order valence-corrected chi connectivity index (χ3v) is 7.96. The van der Waals surface area contributed by atoms with Crippen LogP contribution in [-0.4, -0.2) is 72.6 Å². The number of rotatable bonds is 12. The van der Waals surface area contributed by atoms with E-state index in [1.165, 1.54) is 11.3 Å². The molecule has 3 heterocycles. The van der Waals surface area contributed by atoms with Crippen LogP contribution in [0.1, 0.15) is 40.2 Å². The van der Waals surface area contributed by atoms with Gasteiger partial charge in [0.15, 0.2) is 17.3 Å². The molecular formula is C31H34N2O6S. The van der Waals surface area contributed by atoms with Gasteiger partial charge in [-0.25, -0.2) is 0 Å². The van der Waals surface area contributed by atoms with E-state index in [-0.39, 0.29) is 11.4 Å². The molecule has 1 aromatic heterocycles. The van der Waals surface area contributed by atoms with Crippen LogP contribution in [0.5, 0.6) is 11.5 Å². The largest absolute Gasteiger partial charge is 0.503 e. The van der Waals surface area contributed by atoms with Crippen LogP contribution in [0.4, 0.5) is 0 Å². The fourth-order valence-corrected chi connectivity index (χ4v) is 5.79. The summed E-state index contributed by atoms with van der Waals surface area (Å²) in [5.74, 6) is -0.279. The maximum Gasteiger partial charge on any atom is 0.290 e. The number of hydrogen-bond donors (Lipinski definition) is 1. The molecule has 1 fully saturated rings. The average Bonchev–Trinajstić information content (AvgIpc) is 3.61. The van der Waals surface area contributed by atoms with Crippen LogP contribution in [0, 0.1) is 0 Å². The van der Waals surface area contributed by atoms with Crippen molar-refractivity contribution < 1.29 is 28.9 Å². The number of amides is 1. The van der Waals surface area contributed by atoms with Crippen LogP contribution in [0.15, 0.2) is 77.4 Å². The molecule has 0 radical (unpaired) electrons. The van der Waals surface area contributed by atoms with Gasteiger partial charge >= 0.3 is 0 Å². The first-order valence-electron chi connectivity index (χ1n) is 13.6. The summed E-state index contributed by atoms with van der Waals surface area (Å²) in [7, 11) is 0. The molecular weight excluding hydrogens is 528 g/mol. The maximum atomic E-state index is 13.6. The first kappa shape index (κ1) is 27.9. The fraction of sp³-hybridized carbons (Fsp3) is 0.355. The molecule has 1 atom stereocenters.